The van der Waals surface area contributed by atoms with E-state index in [9.17, 15) is 13.2 Å². The summed E-state index contributed by atoms with van der Waals surface area (Å²) in [5.41, 5.74) is 1.50. The molecule has 8 nitrogen and oxygen atoms in total. The molecule has 1 N–H and O–H groups in total. The second-order valence-corrected chi connectivity index (χ2v) is 8.47. The van der Waals surface area contributed by atoms with Gasteiger partial charge in [-0.05, 0) is 48.4 Å². The number of sulfonamides is 1. The average Bonchev–Trinajstić information content (AvgIpc) is 2.75. The maximum absolute atomic E-state index is 13.0. The van der Waals surface area contributed by atoms with E-state index in [2.05, 4.69) is 5.32 Å². The van der Waals surface area contributed by atoms with Crippen molar-refractivity contribution in [2.75, 3.05) is 34.4 Å². The SMILES string of the molecule is CCN(CC(=O)NCc1ccc(OC)c(OC)c1)S(=O)(=O)c1ccc(OC)c(C)c1. The highest BCUT2D eigenvalue weighted by Crippen LogP contribution is 2.27. The fourth-order valence-corrected chi connectivity index (χ4v) is 4.43. The Balaban J connectivity index is 2.07. The minimum atomic E-state index is -3.82. The van der Waals surface area contributed by atoms with Gasteiger partial charge in [-0.1, -0.05) is 13.0 Å². The lowest BCUT2D eigenvalue weighted by atomic mass is 10.2. The summed E-state index contributed by atoms with van der Waals surface area (Å²) < 4.78 is 42.7. The molecule has 2 aromatic carbocycles. The van der Waals surface area contributed by atoms with Crippen molar-refractivity contribution in [2.24, 2.45) is 0 Å². The van der Waals surface area contributed by atoms with Crippen LogP contribution in [0.3, 0.4) is 0 Å². The van der Waals surface area contributed by atoms with Gasteiger partial charge in [-0.25, -0.2) is 8.42 Å². The number of ether oxygens (including phenoxy) is 3. The number of carbonyl (C=O) groups is 1. The largest absolute Gasteiger partial charge is 0.496 e. The third-order valence-corrected chi connectivity index (χ3v) is 6.53. The summed E-state index contributed by atoms with van der Waals surface area (Å²) in [6.45, 7) is 3.58. The molecule has 30 heavy (non-hydrogen) atoms. The summed E-state index contributed by atoms with van der Waals surface area (Å²) in [5.74, 6) is 1.34. The van der Waals surface area contributed by atoms with E-state index in [1.807, 2.05) is 0 Å². The Kier molecular flexibility index (Phi) is 8.08. The summed E-state index contributed by atoms with van der Waals surface area (Å²) in [7, 11) is 0.787. The van der Waals surface area contributed by atoms with E-state index in [4.69, 9.17) is 14.2 Å². The van der Waals surface area contributed by atoms with Crippen LogP contribution in [0.2, 0.25) is 0 Å². The normalized spacial score (nSPS) is 11.3. The van der Waals surface area contributed by atoms with E-state index in [1.54, 1.807) is 51.3 Å². The standard InChI is InChI=1S/C21H28N2O6S/c1-6-23(30(25,26)17-8-10-18(27-3)15(2)11-17)14-21(24)22-13-16-7-9-19(28-4)20(12-16)29-5/h7-12H,6,13-14H2,1-5H3,(H,22,24). The van der Waals surface area contributed by atoms with Crippen molar-refractivity contribution in [1.29, 1.82) is 0 Å². The summed E-state index contributed by atoms with van der Waals surface area (Å²) in [6.07, 6.45) is 0. The maximum atomic E-state index is 13.0. The minimum absolute atomic E-state index is 0.121. The number of nitrogens with one attached hydrogen (secondary N) is 1. The van der Waals surface area contributed by atoms with Gasteiger partial charge in [0.1, 0.15) is 5.75 Å². The van der Waals surface area contributed by atoms with Gasteiger partial charge < -0.3 is 19.5 Å². The monoisotopic (exact) mass is 436 g/mol. The van der Waals surface area contributed by atoms with Crippen molar-refractivity contribution in [1.82, 2.24) is 9.62 Å². The molecule has 0 atom stereocenters. The first-order valence-electron chi connectivity index (χ1n) is 9.39. The predicted molar refractivity (Wildman–Crippen MR) is 114 cm³/mol. The molecule has 2 rings (SSSR count). The summed E-state index contributed by atoms with van der Waals surface area (Å²) in [6, 6.07) is 9.93. The number of carbonyl (C=O) groups excluding carboxylic acids is 1. The Morgan fingerprint density at radius 2 is 1.60 bits per heavy atom. The zero-order chi connectivity index (χ0) is 22.3. The highest BCUT2D eigenvalue weighted by atomic mass is 32.2. The molecule has 0 fully saturated rings. The minimum Gasteiger partial charge on any atom is -0.496 e. The molecule has 0 aliphatic rings. The third-order valence-electron chi connectivity index (χ3n) is 4.61. The van der Waals surface area contributed by atoms with Crippen molar-refractivity contribution < 1.29 is 27.4 Å². The van der Waals surface area contributed by atoms with E-state index in [0.29, 0.717) is 22.8 Å². The molecular weight excluding hydrogens is 408 g/mol. The Labute approximate surface area is 177 Å². The van der Waals surface area contributed by atoms with Gasteiger partial charge in [0.15, 0.2) is 11.5 Å². The highest BCUT2D eigenvalue weighted by Gasteiger charge is 2.25. The molecule has 0 aliphatic carbocycles. The average molecular weight is 437 g/mol. The number of amides is 1. The second kappa shape index (κ2) is 10.3. The zero-order valence-corrected chi connectivity index (χ0v) is 18.7. The van der Waals surface area contributed by atoms with Gasteiger partial charge in [0.25, 0.3) is 0 Å². The van der Waals surface area contributed by atoms with Crippen molar-refractivity contribution in [2.45, 2.75) is 25.3 Å². The zero-order valence-electron chi connectivity index (χ0n) is 17.9. The smallest absolute Gasteiger partial charge is 0.243 e. The molecule has 0 aromatic heterocycles. The van der Waals surface area contributed by atoms with Crippen LogP contribution in [0.1, 0.15) is 18.1 Å². The Morgan fingerprint density at radius 1 is 0.967 bits per heavy atom. The fourth-order valence-electron chi connectivity index (χ4n) is 2.93. The lowest BCUT2D eigenvalue weighted by molar-refractivity contribution is -0.121. The fraction of sp³-hybridized carbons (Fsp3) is 0.381. The van der Waals surface area contributed by atoms with E-state index < -0.39 is 15.9 Å². The van der Waals surface area contributed by atoms with Crippen LogP contribution < -0.4 is 19.5 Å². The molecule has 0 bridgehead atoms. The lowest BCUT2D eigenvalue weighted by Crippen LogP contribution is -2.40. The van der Waals surface area contributed by atoms with E-state index in [0.717, 1.165) is 9.87 Å². The maximum Gasteiger partial charge on any atom is 0.243 e. The quantitative estimate of drug-likeness (QED) is 0.614. The Morgan fingerprint density at radius 3 is 2.17 bits per heavy atom. The van der Waals surface area contributed by atoms with Gasteiger partial charge in [-0.15, -0.1) is 0 Å². The van der Waals surface area contributed by atoms with Crippen LogP contribution >= 0.6 is 0 Å². The van der Waals surface area contributed by atoms with E-state index >= 15 is 0 Å². The Hall–Kier alpha value is -2.78. The topological polar surface area (TPSA) is 94.2 Å². The molecule has 0 saturated carbocycles. The molecule has 164 valence electrons. The van der Waals surface area contributed by atoms with Gasteiger partial charge in [0.05, 0.1) is 32.8 Å². The summed E-state index contributed by atoms with van der Waals surface area (Å²) in [4.78, 5) is 12.5. The summed E-state index contributed by atoms with van der Waals surface area (Å²) >= 11 is 0. The number of nitrogens with zero attached hydrogens (tertiary/aromatic N) is 1. The van der Waals surface area contributed by atoms with Gasteiger partial charge in [0.2, 0.25) is 15.9 Å². The van der Waals surface area contributed by atoms with Crippen LogP contribution in [-0.4, -0.2) is 53.0 Å². The molecule has 1 amide bonds. The van der Waals surface area contributed by atoms with Gasteiger partial charge in [0, 0.05) is 13.1 Å². The van der Waals surface area contributed by atoms with Crippen LogP contribution in [0.4, 0.5) is 0 Å². The van der Waals surface area contributed by atoms with Crippen LogP contribution in [-0.2, 0) is 21.4 Å². The van der Waals surface area contributed by atoms with E-state index in [1.165, 1.54) is 20.3 Å². The number of aryl methyl sites for hydroxylation is 1. The Bertz CT molecular complexity index is 991. The van der Waals surface area contributed by atoms with Crippen molar-refractivity contribution >= 4 is 15.9 Å². The first-order valence-corrected chi connectivity index (χ1v) is 10.8. The molecule has 0 saturated heterocycles. The van der Waals surface area contributed by atoms with Crippen LogP contribution in [0.5, 0.6) is 17.2 Å². The molecular formula is C21H28N2O6S. The number of rotatable bonds is 10. The molecule has 0 radical (unpaired) electrons. The number of methoxy groups -OCH3 is 3. The number of hydrogen-bond donors (Lipinski definition) is 1. The molecule has 9 heteroatoms. The predicted octanol–water partition coefficient (Wildman–Crippen LogP) is 2.35. The van der Waals surface area contributed by atoms with Crippen LogP contribution in [0.25, 0.3) is 0 Å². The van der Waals surface area contributed by atoms with Crippen molar-refractivity contribution in [3.05, 3.63) is 47.5 Å². The first kappa shape index (κ1) is 23.5. The van der Waals surface area contributed by atoms with Crippen molar-refractivity contribution in [3.8, 4) is 17.2 Å². The lowest BCUT2D eigenvalue weighted by Gasteiger charge is -2.20. The highest BCUT2D eigenvalue weighted by molar-refractivity contribution is 7.89. The molecule has 2 aromatic rings. The molecule has 0 aliphatic heterocycles. The van der Waals surface area contributed by atoms with Gasteiger partial charge in [-0.3, -0.25) is 4.79 Å². The van der Waals surface area contributed by atoms with Crippen LogP contribution in [0, 0.1) is 6.92 Å². The summed E-state index contributed by atoms with van der Waals surface area (Å²) in [5, 5.41) is 2.74. The van der Waals surface area contributed by atoms with Gasteiger partial charge >= 0.3 is 0 Å². The van der Waals surface area contributed by atoms with E-state index in [-0.39, 0.29) is 24.5 Å². The van der Waals surface area contributed by atoms with Crippen molar-refractivity contribution in [3.63, 3.8) is 0 Å². The number of likely N-dealkylation sites (N-methyl/N-ethyl adjacent to an activating group) is 1. The number of benzene rings is 2. The van der Waals surface area contributed by atoms with Crippen LogP contribution in [0.15, 0.2) is 41.3 Å². The second-order valence-electron chi connectivity index (χ2n) is 6.53. The first-order chi connectivity index (χ1) is 14.3. The molecule has 0 heterocycles. The third kappa shape index (κ3) is 5.43. The van der Waals surface area contributed by atoms with Gasteiger partial charge in [-0.2, -0.15) is 4.31 Å². The molecule has 0 spiro atoms. The molecule has 0 unspecified atom stereocenters. The number of hydrogen-bond acceptors (Lipinski definition) is 6.